The van der Waals surface area contributed by atoms with Gasteiger partial charge in [-0.3, -0.25) is 4.79 Å². The average Bonchev–Trinajstić information content (AvgIpc) is 2.48. The second-order valence-electron chi connectivity index (χ2n) is 4.59. The Kier molecular flexibility index (Phi) is 4.03. The van der Waals surface area contributed by atoms with Gasteiger partial charge in [-0.25, -0.2) is 4.39 Å². The van der Waals surface area contributed by atoms with Crippen LogP contribution < -0.4 is 10.6 Å². The number of aryl methyl sites for hydroxylation is 1. The maximum Gasteiger partial charge on any atom is 0.260 e. The van der Waals surface area contributed by atoms with E-state index in [0.717, 1.165) is 12.1 Å². The van der Waals surface area contributed by atoms with Crippen molar-refractivity contribution in [2.75, 3.05) is 17.7 Å². The number of benzene rings is 2. The summed E-state index contributed by atoms with van der Waals surface area (Å²) in [6.07, 6.45) is 0.939. The first-order valence-electron chi connectivity index (χ1n) is 6.45. The lowest BCUT2D eigenvalue weighted by molar-refractivity contribution is 0.0993. The molecule has 0 aromatic heterocycles. The average molecular weight is 272 g/mol. The van der Waals surface area contributed by atoms with Crippen LogP contribution in [-0.2, 0) is 6.42 Å². The summed E-state index contributed by atoms with van der Waals surface area (Å²) >= 11 is 0. The summed E-state index contributed by atoms with van der Waals surface area (Å²) < 4.78 is 13.4. The Morgan fingerprint density at radius 1 is 1.20 bits per heavy atom. The molecule has 2 aromatic rings. The molecule has 3 nitrogen and oxygen atoms in total. The van der Waals surface area contributed by atoms with Crippen LogP contribution in [0.3, 0.4) is 0 Å². The summed E-state index contributed by atoms with van der Waals surface area (Å²) in [4.78, 5) is 13.8. The molecule has 1 amide bonds. The van der Waals surface area contributed by atoms with Crippen molar-refractivity contribution in [3.63, 3.8) is 0 Å². The van der Waals surface area contributed by atoms with Gasteiger partial charge in [0.05, 0.1) is 11.3 Å². The molecule has 0 aliphatic carbocycles. The van der Waals surface area contributed by atoms with Crippen LogP contribution in [0, 0.1) is 5.82 Å². The first-order chi connectivity index (χ1) is 9.54. The molecular weight excluding hydrogens is 255 g/mol. The zero-order valence-electron chi connectivity index (χ0n) is 11.6. The summed E-state index contributed by atoms with van der Waals surface area (Å²) in [7, 11) is 1.65. The second kappa shape index (κ2) is 5.74. The Labute approximate surface area is 117 Å². The number of anilines is 2. The lowest BCUT2D eigenvalue weighted by atomic mass is 10.1. The fourth-order valence-corrected chi connectivity index (χ4v) is 1.98. The number of rotatable bonds is 3. The van der Waals surface area contributed by atoms with Gasteiger partial charge in [0.25, 0.3) is 5.91 Å². The molecule has 0 bridgehead atoms. The van der Waals surface area contributed by atoms with Crippen molar-refractivity contribution in [2.45, 2.75) is 13.3 Å². The van der Waals surface area contributed by atoms with Gasteiger partial charge in [0, 0.05) is 12.7 Å². The van der Waals surface area contributed by atoms with E-state index >= 15 is 0 Å². The van der Waals surface area contributed by atoms with Crippen molar-refractivity contribution in [1.29, 1.82) is 0 Å². The minimum atomic E-state index is -0.578. The van der Waals surface area contributed by atoms with Crippen LogP contribution in [0.25, 0.3) is 0 Å². The topological polar surface area (TPSA) is 46.3 Å². The molecule has 2 aromatic carbocycles. The van der Waals surface area contributed by atoms with E-state index in [1.54, 1.807) is 7.05 Å². The SMILES string of the molecule is CCc1ccc(N(C)C(=O)c2cccc(F)c2N)cc1. The van der Waals surface area contributed by atoms with E-state index < -0.39 is 5.82 Å². The monoisotopic (exact) mass is 272 g/mol. The van der Waals surface area contributed by atoms with Gasteiger partial charge in [-0.1, -0.05) is 25.1 Å². The Bertz CT molecular complexity index is 623. The van der Waals surface area contributed by atoms with Crippen LogP contribution in [-0.4, -0.2) is 13.0 Å². The minimum Gasteiger partial charge on any atom is -0.396 e. The maximum absolute atomic E-state index is 13.4. The molecule has 0 heterocycles. The number of amides is 1. The van der Waals surface area contributed by atoms with Gasteiger partial charge < -0.3 is 10.6 Å². The van der Waals surface area contributed by atoms with E-state index in [1.807, 2.05) is 24.3 Å². The van der Waals surface area contributed by atoms with Crippen LogP contribution in [0.4, 0.5) is 15.8 Å². The molecule has 20 heavy (non-hydrogen) atoms. The van der Waals surface area contributed by atoms with Crippen LogP contribution in [0.15, 0.2) is 42.5 Å². The Hall–Kier alpha value is -2.36. The molecule has 0 aliphatic heterocycles. The second-order valence-corrected chi connectivity index (χ2v) is 4.59. The number of carbonyl (C=O) groups is 1. The third-order valence-corrected chi connectivity index (χ3v) is 3.32. The largest absolute Gasteiger partial charge is 0.396 e. The quantitative estimate of drug-likeness (QED) is 0.872. The molecule has 104 valence electrons. The summed E-state index contributed by atoms with van der Waals surface area (Å²) in [5.41, 5.74) is 7.62. The molecule has 0 saturated heterocycles. The number of hydrogen-bond acceptors (Lipinski definition) is 2. The minimum absolute atomic E-state index is 0.116. The number of nitrogen functional groups attached to an aromatic ring is 1. The molecule has 0 saturated carbocycles. The van der Waals surface area contributed by atoms with E-state index in [0.29, 0.717) is 0 Å². The first-order valence-corrected chi connectivity index (χ1v) is 6.45. The number of carbonyl (C=O) groups excluding carboxylic acids is 1. The Morgan fingerprint density at radius 3 is 2.45 bits per heavy atom. The normalized spacial score (nSPS) is 10.3. The van der Waals surface area contributed by atoms with Crippen LogP contribution in [0.5, 0.6) is 0 Å². The number of halogens is 1. The van der Waals surface area contributed by atoms with Gasteiger partial charge in [-0.15, -0.1) is 0 Å². The highest BCUT2D eigenvalue weighted by atomic mass is 19.1. The number of hydrogen-bond donors (Lipinski definition) is 1. The third-order valence-electron chi connectivity index (χ3n) is 3.32. The van der Waals surface area contributed by atoms with E-state index in [-0.39, 0.29) is 17.2 Å². The Balaban J connectivity index is 2.29. The predicted octanol–water partition coefficient (Wildman–Crippen LogP) is 3.25. The van der Waals surface area contributed by atoms with Crippen molar-refractivity contribution in [3.05, 3.63) is 59.4 Å². The molecule has 0 fully saturated rings. The van der Waals surface area contributed by atoms with Crippen molar-refractivity contribution in [3.8, 4) is 0 Å². The first kappa shape index (κ1) is 14.1. The molecule has 0 spiro atoms. The van der Waals surface area contributed by atoms with Crippen molar-refractivity contribution in [2.24, 2.45) is 0 Å². The fourth-order valence-electron chi connectivity index (χ4n) is 1.98. The maximum atomic E-state index is 13.4. The summed E-state index contributed by atoms with van der Waals surface area (Å²) in [6, 6.07) is 11.9. The van der Waals surface area contributed by atoms with Gasteiger partial charge in [0.15, 0.2) is 0 Å². The zero-order valence-corrected chi connectivity index (χ0v) is 11.6. The molecular formula is C16H17FN2O. The van der Waals surface area contributed by atoms with Crippen molar-refractivity contribution >= 4 is 17.3 Å². The lowest BCUT2D eigenvalue weighted by Crippen LogP contribution is -2.27. The molecule has 2 rings (SSSR count). The van der Waals surface area contributed by atoms with Crippen LogP contribution in [0.2, 0.25) is 0 Å². The van der Waals surface area contributed by atoms with E-state index in [1.165, 1.54) is 28.7 Å². The molecule has 0 unspecified atom stereocenters. The number of nitrogens with zero attached hydrogens (tertiary/aromatic N) is 1. The molecule has 0 aliphatic rings. The summed E-state index contributed by atoms with van der Waals surface area (Å²) in [6.45, 7) is 2.07. The standard InChI is InChI=1S/C16H17FN2O/c1-3-11-7-9-12(10-8-11)19(2)16(20)13-5-4-6-14(17)15(13)18/h4-10H,3,18H2,1-2H3. The van der Waals surface area contributed by atoms with Gasteiger partial charge in [-0.05, 0) is 36.2 Å². The van der Waals surface area contributed by atoms with Crippen LogP contribution >= 0.6 is 0 Å². The lowest BCUT2D eigenvalue weighted by Gasteiger charge is -2.18. The van der Waals surface area contributed by atoms with Gasteiger partial charge in [-0.2, -0.15) is 0 Å². The van der Waals surface area contributed by atoms with Crippen molar-refractivity contribution in [1.82, 2.24) is 0 Å². The highest BCUT2D eigenvalue weighted by Crippen LogP contribution is 2.21. The van der Waals surface area contributed by atoms with E-state index in [4.69, 9.17) is 5.73 Å². The van der Waals surface area contributed by atoms with Gasteiger partial charge in [0.1, 0.15) is 5.82 Å². The summed E-state index contributed by atoms with van der Waals surface area (Å²) in [5.74, 6) is -0.906. The Morgan fingerprint density at radius 2 is 1.85 bits per heavy atom. The fraction of sp³-hybridized carbons (Fsp3) is 0.188. The summed E-state index contributed by atoms with van der Waals surface area (Å²) in [5, 5.41) is 0. The van der Waals surface area contributed by atoms with E-state index in [2.05, 4.69) is 6.92 Å². The van der Waals surface area contributed by atoms with Crippen LogP contribution in [0.1, 0.15) is 22.8 Å². The number of nitrogens with two attached hydrogens (primary N) is 1. The highest BCUT2D eigenvalue weighted by Gasteiger charge is 2.17. The molecule has 0 atom stereocenters. The smallest absolute Gasteiger partial charge is 0.260 e. The highest BCUT2D eigenvalue weighted by molar-refractivity contribution is 6.09. The predicted molar refractivity (Wildman–Crippen MR) is 79.4 cm³/mol. The van der Waals surface area contributed by atoms with Gasteiger partial charge in [0.2, 0.25) is 0 Å². The molecule has 2 N–H and O–H groups in total. The molecule has 4 heteroatoms. The van der Waals surface area contributed by atoms with E-state index in [9.17, 15) is 9.18 Å². The van der Waals surface area contributed by atoms with Gasteiger partial charge >= 0.3 is 0 Å². The molecule has 0 radical (unpaired) electrons. The van der Waals surface area contributed by atoms with Crippen molar-refractivity contribution < 1.29 is 9.18 Å². The zero-order chi connectivity index (χ0) is 14.7. The number of para-hydroxylation sites is 1. The third kappa shape index (κ3) is 2.64.